The van der Waals surface area contributed by atoms with E-state index in [1.165, 1.54) is 11.1 Å². The van der Waals surface area contributed by atoms with Gasteiger partial charge in [-0.2, -0.15) is 0 Å². The van der Waals surface area contributed by atoms with Crippen molar-refractivity contribution in [3.63, 3.8) is 0 Å². The Hall–Kier alpha value is -2.37. The number of benzene rings is 2. The number of unbranched alkanes of at least 4 members (excludes halogenated alkanes) is 2. The molecular weight excluding hydrogens is 350 g/mol. The summed E-state index contributed by atoms with van der Waals surface area (Å²) < 4.78 is 5.73. The SMILES string of the molecule is O=C(Nc1ccc(CCCCCOCc2ccccc2)cc1)N1CCNCC1. The zero-order valence-corrected chi connectivity index (χ0v) is 16.5. The zero-order chi connectivity index (χ0) is 19.4. The number of amides is 2. The molecule has 0 aromatic heterocycles. The first-order valence-electron chi connectivity index (χ1n) is 10.3. The van der Waals surface area contributed by atoms with Crippen molar-refractivity contribution in [1.29, 1.82) is 0 Å². The van der Waals surface area contributed by atoms with E-state index in [0.717, 1.165) is 64.2 Å². The Morgan fingerprint density at radius 2 is 1.68 bits per heavy atom. The van der Waals surface area contributed by atoms with Crippen LogP contribution in [0, 0.1) is 0 Å². The molecule has 5 heteroatoms. The van der Waals surface area contributed by atoms with Crippen molar-refractivity contribution in [1.82, 2.24) is 10.2 Å². The van der Waals surface area contributed by atoms with Gasteiger partial charge >= 0.3 is 6.03 Å². The third kappa shape index (κ3) is 6.98. The third-order valence-corrected chi connectivity index (χ3v) is 4.98. The molecule has 3 rings (SSSR count). The first-order chi connectivity index (χ1) is 13.8. The highest BCUT2D eigenvalue weighted by Gasteiger charge is 2.15. The van der Waals surface area contributed by atoms with Gasteiger partial charge in [0.1, 0.15) is 0 Å². The first kappa shape index (κ1) is 20.4. The van der Waals surface area contributed by atoms with E-state index in [9.17, 15) is 4.79 Å². The van der Waals surface area contributed by atoms with Crippen molar-refractivity contribution >= 4 is 11.7 Å². The molecule has 1 fully saturated rings. The number of hydrogen-bond donors (Lipinski definition) is 2. The van der Waals surface area contributed by atoms with Crippen LogP contribution in [0.25, 0.3) is 0 Å². The molecule has 2 aromatic carbocycles. The molecule has 2 amide bonds. The van der Waals surface area contributed by atoms with Crippen molar-refractivity contribution in [2.45, 2.75) is 32.3 Å². The van der Waals surface area contributed by atoms with Gasteiger partial charge in [-0.05, 0) is 42.5 Å². The van der Waals surface area contributed by atoms with Crippen LogP contribution in [-0.4, -0.2) is 43.7 Å². The summed E-state index contributed by atoms with van der Waals surface area (Å²) in [5, 5.41) is 6.24. The lowest BCUT2D eigenvalue weighted by molar-refractivity contribution is 0.117. The highest BCUT2D eigenvalue weighted by molar-refractivity contribution is 5.89. The number of hydrogen-bond acceptors (Lipinski definition) is 3. The predicted molar refractivity (Wildman–Crippen MR) is 114 cm³/mol. The minimum atomic E-state index is -0.00949. The Morgan fingerprint density at radius 3 is 2.43 bits per heavy atom. The van der Waals surface area contributed by atoms with Crippen LogP contribution in [0.15, 0.2) is 54.6 Å². The molecule has 1 aliphatic rings. The number of rotatable bonds is 9. The molecule has 1 saturated heterocycles. The topological polar surface area (TPSA) is 53.6 Å². The van der Waals surface area contributed by atoms with Crippen LogP contribution >= 0.6 is 0 Å². The summed E-state index contributed by atoms with van der Waals surface area (Å²) in [4.78, 5) is 14.1. The molecule has 0 aliphatic carbocycles. The number of urea groups is 1. The maximum absolute atomic E-state index is 12.2. The Bertz CT molecular complexity index is 698. The van der Waals surface area contributed by atoms with Gasteiger partial charge in [-0.3, -0.25) is 0 Å². The number of piperazine rings is 1. The molecule has 0 spiro atoms. The van der Waals surface area contributed by atoms with E-state index in [4.69, 9.17) is 4.74 Å². The Kier molecular flexibility index (Phi) is 8.34. The second kappa shape index (κ2) is 11.5. The molecule has 0 atom stereocenters. The highest BCUT2D eigenvalue weighted by Crippen LogP contribution is 2.13. The molecule has 5 nitrogen and oxygen atoms in total. The maximum atomic E-state index is 12.2. The van der Waals surface area contributed by atoms with Crippen LogP contribution in [0.2, 0.25) is 0 Å². The van der Waals surface area contributed by atoms with E-state index in [1.54, 1.807) is 0 Å². The van der Waals surface area contributed by atoms with Gasteiger partial charge in [0, 0.05) is 38.5 Å². The normalized spacial score (nSPS) is 14.1. The fourth-order valence-electron chi connectivity index (χ4n) is 3.30. The van der Waals surface area contributed by atoms with Gasteiger partial charge in [0.25, 0.3) is 0 Å². The van der Waals surface area contributed by atoms with Crippen molar-refractivity contribution in [3.8, 4) is 0 Å². The monoisotopic (exact) mass is 381 g/mol. The molecule has 2 N–H and O–H groups in total. The van der Waals surface area contributed by atoms with Gasteiger partial charge in [0.05, 0.1) is 6.61 Å². The first-order valence-corrected chi connectivity index (χ1v) is 10.3. The summed E-state index contributed by atoms with van der Waals surface area (Å²) in [6.07, 6.45) is 4.47. The number of carbonyl (C=O) groups excluding carboxylic acids is 1. The number of carbonyl (C=O) groups is 1. The van der Waals surface area contributed by atoms with Crippen molar-refractivity contribution in [2.24, 2.45) is 0 Å². The van der Waals surface area contributed by atoms with Crippen LogP contribution in [0.4, 0.5) is 10.5 Å². The quantitative estimate of drug-likeness (QED) is 0.644. The lowest BCUT2D eigenvalue weighted by Gasteiger charge is -2.27. The number of anilines is 1. The second-order valence-electron chi connectivity index (χ2n) is 7.21. The summed E-state index contributed by atoms with van der Waals surface area (Å²) in [6, 6.07) is 18.5. The lowest BCUT2D eigenvalue weighted by atomic mass is 10.1. The fourth-order valence-corrected chi connectivity index (χ4v) is 3.30. The molecule has 150 valence electrons. The van der Waals surface area contributed by atoms with Crippen LogP contribution in [0.1, 0.15) is 30.4 Å². The summed E-state index contributed by atoms with van der Waals surface area (Å²) in [5.41, 5.74) is 3.40. The van der Waals surface area contributed by atoms with E-state index in [-0.39, 0.29) is 6.03 Å². The van der Waals surface area contributed by atoms with Gasteiger partial charge in [-0.1, -0.05) is 48.9 Å². The Morgan fingerprint density at radius 1 is 0.929 bits per heavy atom. The smallest absolute Gasteiger partial charge is 0.321 e. The third-order valence-electron chi connectivity index (χ3n) is 4.98. The fraction of sp³-hybridized carbons (Fsp3) is 0.435. The van der Waals surface area contributed by atoms with E-state index >= 15 is 0 Å². The Labute approximate surface area is 168 Å². The molecule has 1 heterocycles. The van der Waals surface area contributed by atoms with Gasteiger partial charge < -0.3 is 20.3 Å². The Balaban J connectivity index is 1.27. The number of nitrogens with zero attached hydrogens (tertiary/aromatic N) is 1. The molecule has 0 radical (unpaired) electrons. The molecule has 0 unspecified atom stereocenters. The molecule has 0 bridgehead atoms. The minimum Gasteiger partial charge on any atom is -0.377 e. The zero-order valence-electron chi connectivity index (χ0n) is 16.5. The van der Waals surface area contributed by atoms with E-state index in [1.807, 2.05) is 35.2 Å². The summed E-state index contributed by atoms with van der Waals surface area (Å²) in [5.74, 6) is 0. The van der Waals surface area contributed by atoms with Crippen molar-refractivity contribution in [3.05, 3.63) is 65.7 Å². The summed E-state index contributed by atoms with van der Waals surface area (Å²) in [7, 11) is 0. The van der Waals surface area contributed by atoms with Crippen LogP contribution < -0.4 is 10.6 Å². The molecule has 2 aromatic rings. The molecule has 28 heavy (non-hydrogen) atoms. The number of ether oxygens (including phenoxy) is 1. The highest BCUT2D eigenvalue weighted by atomic mass is 16.5. The van der Waals surface area contributed by atoms with Gasteiger partial charge in [-0.15, -0.1) is 0 Å². The number of nitrogens with one attached hydrogen (secondary N) is 2. The molecule has 1 aliphatic heterocycles. The van der Waals surface area contributed by atoms with Crippen LogP contribution in [0.3, 0.4) is 0 Å². The standard InChI is InChI=1S/C23H31N3O2/c27-23(26-16-14-24-15-17-26)25-22-12-10-20(11-13-22)7-5-2-6-18-28-19-21-8-3-1-4-9-21/h1,3-4,8-13,24H,2,5-7,14-19H2,(H,25,27). The van der Waals surface area contributed by atoms with E-state index < -0.39 is 0 Å². The van der Waals surface area contributed by atoms with E-state index in [0.29, 0.717) is 6.61 Å². The second-order valence-corrected chi connectivity index (χ2v) is 7.21. The number of aryl methyl sites for hydroxylation is 1. The lowest BCUT2D eigenvalue weighted by Crippen LogP contribution is -2.48. The molecule has 0 saturated carbocycles. The van der Waals surface area contributed by atoms with Gasteiger partial charge in [0.2, 0.25) is 0 Å². The maximum Gasteiger partial charge on any atom is 0.321 e. The van der Waals surface area contributed by atoms with Crippen molar-refractivity contribution < 1.29 is 9.53 Å². The van der Waals surface area contributed by atoms with Crippen LogP contribution in [-0.2, 0) is 17.8 Å². The largest absolute Gasteiger partial charge is 0.377 e. The summed E-state index contributed by atoms with van der Waals surface area (Å²) in [6.45, 7) is 4.76. The predicted octanol–water partition coefficient (Wildman–Crippen LogP) is 4.05. The van der Waals surface area contributed by atoms with Gasteiger partial charge in [-0.25, -0.2) is 4.79 Å². The summed E-state index contributed by atoms with van der Waals surface area (Å²) >= 11 is 0. The molecular formula is C23H31N3O2. The van der Waals surface area contributed by atoms with E-state index in [2.05, 4.69) is 34.9 Å². The van der Waals surface area contributed by atoms with Gasteiger partial charge in [0.15, 0.2) is 0 Å². The van der Waals surface area contributed by atoms with Crippen LogP contribution in [0.5, 0.6) is 0 Å². The average Bonchev–Trinajstić information content (AvgIpc) is 2.75. The minimum absolute atomic E-state index is 0.00949. The average molecular weight is 382 g/mol. The van der Waals surface area contributed by atoms with Crippen molar-refractivity contribution in [2.75, 3.05) is 38.1 Å².